The number of benzene rings is 1. The van der Waals surface area contributed by atoms with Crippen molar-refractivity contribution in [3.63, 3.8) is 0 Å². The van der Waals surface area contributed by atoms with Gasteiger partial charge in [0, 0.05) is 39.2 Å². The molecular formula is C21H37IN4O2. The van der Waals surface area contributed by atoms with Gasteiger partial charge in [-0.3, -0.25) is 0 Å². The number of rotatable bonds is 10. The fraction of sp³-hybridized carbons (Fsp3) is 0.667. The van der Waals surface area contributed by atoms with E-state index < -0.39 is 0 Å². The summed E-state index contributed by atoms with van der Waals surface area (Å²) < 4.78 is 10.7. The van der Waals surface area contributed by atoms with Crippen LogP contribution >= 0.6 is 24.0 Å². The van der Waals surface area contributed by atoms with Crippen LogP contribution in [0.5, 0.6) is 0 Å². The topological polar surface area (TPSA) is 49.3 Å². The van der Waals surface area contributed by atoms with Crippen molar-refractivity contribution in [1.29, 1.82) is 0 Å². The van der Waals surface area contributed by atoms with Crippen LogP contribution in [0.25, 0.3) is 0 Å². The predicted molar refractivity (Wildman–Crippen MR) is 126 cm³/mol. The molecule has 1 saturated heterocycles. The zero-order chi connectivity index (χ0) is 19.5. The minimum atomic E-state index is 0. The van der Waals surface area contributed by atoms with E-state index in [-0.39, 0.29) is 24.0 Å². The quantitative estimate of drug-likeness (QED) is 0.230. The summed E-state index contributed by atoms with van der Waals surface area (Å²) in [6, 6.07) is 8.58. The predicted octanol–water partition coefficient (Wildman–Crippen LogP) is 2.82. The Kier molecular flexibility index (Phi) is 12.7. The van der Waals surface area contributed by atoms with Gasteiger partial charge in [0.15, 0.2) is 5.96 Å². The van der Waals surface area contributed by atoms with E-state index in [4.69, 9.17) is 14.5 Å². The van der Waals surface area contributed by atoms with Crippen LogP contribution in [0.1, 0.15) is 24.5 Å². The van der Waals surface area contributed by atoms with Crippen molar-refractivity contribution in [2.45, 2.75) is 26.4 Å². The summed E-state index contributed by atoms with van der Waals surface area (Å²) in [5, 5.41) is 3.46. The number of hydrogen-bond donors (Lipinski definition) is 1. The Morgan fingerprint density at radius 2 is 2.00 bits per heavy atom. The molecule has 1 fully saturated rings. The molecular weight excluding hydrogens is 467 g/mol. The first-order valence-electron chi connectivity index (χ1n) is 9.95. The summed E-state index contributed by atoms with van der Waals surface area (Å²) >= 11 is 0. The first-order chi connectivity index (χ1) is 13.1. The van der Waals surface area contributed by atoms with Crippen LogP contribution in [0.15, 0.2) is 29.3 Å². The first kappa shape index (κ1) is 25.1. The zero-order valence-corrected chi connectivity index (χ0v) is 20.1. The highest BCUT2D eigenvalue weighted by atomic mass is 127. The molecule has 7 heteroatoms. The van der Waals surface area contributed by atoms with Crippen molar-refractivity contribution < 1.29 is 9.47 Å². The van der Waals surface area contributed by atoms with E-state index in [0.29, 0.717) is 25.7 Å². The minimum Gasteiger partial charge on any atom is -0.382 e. The summed E-state index contributed by atoms with van der Waals surface area (Å²) in [4.78, 5) is 9.49. The fourth-order valence-electron chi connectivity index (χ4n) is 3.35. The van der Waals surface area contributed by atoms with Crippen molar-refractivity contribution in [1.82, 2.24) is 15.1 Å². The lowest BCUT2D eigenvalue weighted by Crippen LogP contribution is -2.40. The summed E-state index contributed by atoms with van der Waals surface area (Å²) in [5.74, 6) is 1.57. The maximum absolute atomic E-state index is 5.71. The van der Waals surface area contributed by atoms with E-state index in [1.165, 1.54) is 11.1 Å². The van der Waals surface area contributed by atoms with E-state index in [1.807, 2.05) is 0 Å². The molecule has 6 nitrogen and oxygen atoms in total. The molecule has 1 atom stereocenters. The Morgan fingerprint density at radius 3 is 2.68 bits per heavy atom. The molecule has 0 saturated carbocycles. The Balaban J connectivity index is 0.00000392. The molecule has 1 aromatic carbocycles. The number of hydrogen-bond acceptors (Lipinski definition) is 4. The van der Waals surface area contributed by atoms with Gasteiger partial charge in [0.25, 0.3) is 0 Å². The first-order valence-corrected chi connectivity index (χ1v) is 9.95. The van der Waals surface area contributed by atoms with Gasteiger partial charge < -0.3 is 24.6 Å². The molecule has 0 bridgehead atoms. The largest absolute Gasteiger partial charge is 0.382 e. The van der Waals surface area contributed by atoms with Crippen LogP contribution in [0.3, 0.4) is 0 Å². The number of nitrogens with one attached hydrogen (secondary N) is 1. The molecule has 1 aliphatic heterocycles. The maximum atomic E-state index is 5.71. The van der Waals surface area contributed by atoms with Crippen molar-refractivity contribution in [3.05, 3.63) is 35.4 Å². The molecule has 160 valence electrons. The molecule has 0 aliphatic carbocycles. The second-order valence-corrected chi connectivity index (χ2v) is 7.35. The molecule has 2 rings (SSSR count). The van der Waals surface area contributed by atoms with E-state index in [1.54, 1.807) is 7.11 Å². The number of methoxy groups -OCH3 is 1. The molecule has 0 aromatic heterocycles. The highest BCUT2D eigenvalue weighted by molar-refractivity contribution is 14.0. The Bertz CT molecular complexity index is 583. The highest BCUT2D eigenvalue weighted by Gasteiger charge is 2.25. The Hall–Kier alpha value is -0.900. The van der Waals surface area contributed by atoms with E-state index in [0.717, 1.165) is 45.2 Å². The van der Waals surface area contributed by atoms with Crippen molar-refractivity contribution in [3.8, 4) is 0 Å². The van der Waals surface area contributed by atoms with Gasteiger partial charge in [-0.05, 0) is 38.6 Å². The smallest absolute Gasteiger partial charge is 0.194 e. The highest BCUT2D eigenvalue weighted by Crippen LogP contribution is 2.18. The summed E-state index contributed by atoms with van der Waals surface area (Å²) in [7, 11) is 5.91. The number of likely N-dealkylation sites (tertiary alicyclic amines) is 1. The third kappa shape index (κ3) is 8.63. The number of aliphatic imine (C=N–C) groups is 1. The van der Waals surface area contributed by atoms with Gasteiger partial charge in [-0.1, -0.05) is 24.3 Å². The Morgan fingerprint density at radius 1 is 1.25 bits per heavy atom. The van der Waals surface area contributed by atoms with Gasteiger partial charge in [0.05, 0.1) is 26.4 Å². The zero-order valence-electron chi connectivity index (χ0n) is 17.8. The molecule has 1 aliphatic rings. The van der Waals surface area contributed by atoms with Crippen LogP contribution in [-0.2, 0) is 22.6 Å². The number of nitrogens with zero attached hydrogens (tertiary/aromatic N) is 3. The average molecular weight is 504 g/mol. The third-order valence-corrected chi connectivity index (χ3v) is 4.71. The van der Waals surface area contributed by atoms with Crippen LogP contribution < -0.4 is 5.32 Å². The number of guanidine groups is 1. The van der Waals surface area contributed by atoms with Crippen LogP contribution in [0.2, 0.25) is 0 Å². The normalized spacial score (nSPS) is 17.1. The minimum absolute atomic E-state index is 0. The van der Waals surface area contributed by atoms with Crippen molar-refractivity contribution in [2.24, 2.45) is 10.9 Å². The van der Waals surface area contributed by atoms with Gasteiger partial charge >= 0.3 is 0 Å². The second kappa shape index (κ2) is 14.1. The third-order valence-electron chi connectivity index (χ3n) is 4.71. The monoisotopic (exact) mass is 504 g/mol. The number of ether oxygens (including phenoxy) is 2. The Labute approximate surface area is 187 Å². The van der Waals surface area contributed by atoms with E-state index in [9.17, 15) is 0 Å². The van der Waals surface area contributed by atoms with E-state index in [2.05, 4.69) is 60.4 Å². The molecule has 0 spiro atoms. The van der Waals surface area contributed by atoms with Crippen molar-refractivity contribution >= 4 is 29.9 Å². The lowest BCUT2D eigenvalue weighted by atomic mass is 10.1. The summed E-state index contributed by atoms with van der Waals surface area (Å²) in [6.45, 7) is 8.80. The molecule has 1 N–H and O–H groups in total. The maximum Gasteiger partial charge on any atom is 0.194 e. The number of halogens is 1. The molecule has 1 heterocycles. The van der Waals surface area contributed by atoms with E-state index >= 15 is 0 Å². The van der Waals surface area contributed by atoms with Gasteiger partial charge in [-0.15, -0.1) is 24.0 Å². The van der Waals surface area contributed by atoms with Gasteiger partial charge in [-0.25, -0.2) is 4.99 Å². The summed E-state index contributed by atoms with van der Waals surface area (Å²) in [6.07, 6.45) is 1.15. The van der Waals surface area contributed by atoms with Gasteiger partial charge in [0.2, 0.25) is 0 Å². The molecule has 1 unspecified atom stereocenters. The second-order valence-electron chi connectivity index (χ2n) is 7.35. The lowest BCUT2D eigenvalue weighted by molar-refractivity contribution is 0.0536. The van der Waals surface area contributed by atoms with Crippen LogP contribution in [0, 0.1) is 5.92 Å². The van der Waals surface area contributed by atoms with Gasteiger partial charge in [0.1, 0.15) is 0 Å². The molecule has 0 radical (unpaired) electrons. The van der Waals surface area contributed by atoms with Crippen LogP contribution in [0.4, 0.5) is 0 Å². The molecule has 28 heavy (non-hydrogen) atoms. The fourth-order valence-corrected chi connectivity index (χ4v) is 3.35. The standard InChI is InChI=1S/C21H36N4O2.HI/c1-5-22-21(25-11-10-18(15-25)17-27-13-12-26-4)23-14-19-8-6-7-9-20(19)16-24(2)3;/h6-9,18H,5,10-17H2,1-4H3,(H,22,23);1H. The van der Waals surface area contributed by atoms with Crippen molar-refractivity contribution in [2.75, 3.05) is 60.7 Å². The van der Waals surface area contributed by atoms with Gasteiger partial charge in [-0.2, -0.15) is 0 Å². The molecule has 0 amide bonds. The average Bonchev–Trinajstić information content (AvgIpc) is 3.12. The molecule has 1 aromatic rings. The lowest BCUT2D eigenvalue weighted by Gasteiger charge is -2.22. The van der Waals surface area contributed by atoms with Crippen LogP contribution in [-0.4, -0.2) is 76.4 Å². The summed E-state index contributed by atoms with van der Waals surface area (Å²) in [5.41, 5.74) is 2.63. The SMILES string of the molecule is CCNC(=NCc1ccccc1CN(C)C)N1CCC(COCCOC)C1.I.